The maximum atomic E-state index is 11.1. The van der Waals surface area contributed by atoms with E-state index in [0.717, 1.165) is 45.0 Å². The number of likely N-dealkylation sites (tertiary alicyclic amines) is 1. The van der Waals surface area contributed by atoms with Crippen molar-refractivity contribution in [2.24, 2.45) is 10.4 Å². The van der Waals surface area contributed by atoms with Gasteiger partial charge in [-0.05, 0) is 44.4 Å². The summed E-state index contributed by atoms with van der Waals surface area (Å²) in [6, 6.07) is 0. The minimum absolute atomic E-state index is 0.132. The van der Waals surface area contributed by atoms with Crippen molar-refractivity contribution in [2.45, 2.75) is 65.7 Å². The van der Waals surface area contributed by atoms with E-state index in [2.05, 4.69) is 35.7 Å². The van der Waals surface area contributed by atoms with Gasteiger partial charge in [-0.3, -0.25) is 9.79 Å². The van der Waals surface area contributed by atoms with E-state index in [1.54, 1.807) is 0 Å². The van der Waals surface area contributed by atoms with Crippen LogP contribution in [0.2, 0.25) is 0 Å². The Morgan fingerprint density at radius 1 is 1.35 bits per heavy atom. The van der Waals surface area contributed by atoms with Gasteiger partial charge in [0, 0.05) is 32.6 Å². The number of unbranched alkanes of at least 4 members (excludes halogenated alkanes) is 1. The molecule has 1 heterocycles. The number of guanidine groups is 1. The van der Waals surface area contributed by atoms with Crippen LogP contribution in [0.3, 0.4) is 0 Å². The second kappa shape index (κ2) is 10.5. The van der Waals surface area contributed by atoms with Crippen LogP contribution in [0.15, 0.2) is 4.99 Å². The number of nitrogens with one attached hydrogen (secondary N) is 1. The molecule has 0 aromatic rings. The number of hydrogen-bond donors (Lipinski definition) is 1. The number of piperidine rings is 1. The smallest absolute Gasteiger partial charge is 0.305 e. The largest absolute Gasteiger partial charge is 0.469 e. The quantitative estimate of drug-likeness (QED) is 0.322. The number of hydrogen-bond acceptors (Lipinski definition) is 3. The summed E-state index contributed by atoms with van der Waals surface area (Å²) >= 11 is 0. The molecule has 1 rings (SSSR count). The first-order valence-electron chi connectivity index (χ1n) is 9.14. The van der Waals surface area contributed by atoms with Gasteiger partial charge in [-0.1, -0.05) is 20.3 Å². The minimum Gasteiger partial charge on any atom is -0.469 e. The lowest BCUT2D eigenvalue weighted by atomic mass is 9.78. The Hall–Kier alpha value is -1.26. The predicted molar refractivity (Wildman–Crippen MR) is 95.7 cm³/mol. The summed E-state index contributed by atoms with van der Waals surface area (Å²) in [5.41, 5.74) is 0.411. The molecule has 1 saturated heterocycles. The van der Waals surface area contributed by atoms with Gasteiger partial charge in [-0.15, -0.1) is 0 Å². The topological polar surface area (TPSA) is 53.9 Å². The van der Waals surface area contributed by atoms with E-state index in [-0.39, 0.29) is 5.97 Å². The Kier molecular flexibility index (Phi) is 9.03. The molecule has 0 bridgehead atoms. The van der Waals surface area contributed by atoms with Crippen LogP contribution in [-0.4, -0.2) is 50.1 Å². The number of nitrogens with zero attached hydrogens (tertiary/aromatic N) is 2. The van der Waals surface area contributed by atoms with Crippen LogP contribution in [0.25, 0.3) is 0 Å². The van der Waals surface area contributed by atoms with Gasteiger partial charge in [0.05, 0.1) is 7.11 Å². The standard InChI is InChI=1S/C18H35N3O2/c1-5-11-18(3)12-9-14-21(15-18)17(19-6-2)20-13-8-7-10-16(22)23-4/h5-15H2,1-4H3,(H,19,20). The molecule has 1 atom stereocenters. The van der Waals surface area contributed by atoms with Crippen LogP contribution in [0, 0.1) is 5.41 Å². The van der Waals surface area contributed by atoms with E-state index in [1.165, 1.54) is 32.8 Å². The summed E-state index contributed by atoms with van der Waals surface area (Å²) in [5.74, 6) is 0.903. The van der Waals surface area contributed by atoms with Crippen molar-refractivity contribution >= 4 is 11.9 Å². The highest BCUT2D eigenvalue weighted by atomic mass is 16.5. The second-order valence-electron chi connectivity index (χ2n) is 6.85. The third-order valence-electron chi connectivity index (χ3n) is 4.55. The maximum absolute atomic E-state index is 11.1. The molecule has 0 aromatic carbocycles. The van der Waals surface area contributed by atoms with E-state index in [4.69, 9.17) is 4.99 Å². The summed E-state index contributed by atoms with van der Waals surface area (Å²) in [6.07, 6.45) is 7.32. The van der Waals surface area contributed by atoms with Gasteiger partial charge in [-0.25, -0.2) is 0 Å². The molecular weight excluding hydrogens is 290 g/mol. The molecule has 0 radical (unpaired) electrons. The lowest BCUT2D eigenvalue weighted by molar-refractivity contribution is -0.140. The van der Waals surface area contributed by atoms with E-state index >= 15 is 0 Å². The average Bonchev–Trinajstić information content (AvgIpc) is 2.53. The zero-order valence-corrected chi connectivity index (χ0v) is 15.5. The number of carbonyl (C=O) groups is 1. The normalized spacial score (nSPS) is 22.1. The number of rotatable bonds is 8. The van der Waals surface area contributed by atoms with Crippen LogP contribution in [0.1, 0.15) is 65.7 Å². The SMILES string of the molecule is CCCC1(C)CCCN(C(=NCCCCC(=O)OC)NCC)C1. The highest BCUT2D eigenvalue weighted by Crippen LogP contribution is 2.33. The van der Waals surface area contributed by atoms with Crippen LogP contribution in [0.4, 0.5) is 0 Å². The minimum atomic E-state index is -0.132. The van der Waals surface area contributed by atoms with Crippen molar-refractivity contribution < 1.29 is 9.53 Å². The summed E-state index contributed by atoms with van der Waals surface area (Å²) in [4.78, 5) is 18.3. The Bertz CT molecular complexity index is 380. The van der Waals surface area contributed by atoms with Crippen molar-refractivity contribution in [1.82, 2.24) is 10.2 Å². The van der Waals surface area contributed by atoms with Crippen LogP contribution >= 0.6 is 0 Å². The molecule has 0 amide bonds. The molecule has 1 unspecified atom stereocenters. The maximum Gasteiger partial charge on any atom is 0.305 e. The molecule has 1 fully saturated rings. The molecule has 134 valence electrons. The third-order valence-corrected chi connectivity index (χ3v) is 4.55. The Balaban J connectivity index is 2.52. The van der Waals surface area contributed by atoms with Gasteiger partial charge in [0.25, 0.3) is 0 Å². The lowest BCUT2D eigenvalue weighted by Crippen LogP contribution is -2.49. The Morgan fingerprint density at radius 3 is 2.78 bits per heavy atom. The Labute approximate surface area is 141 Å². The molecule has 0 aromatic heterocycles. The number of carbonyl (C=O) groups excluding carboxylic acids is 1. The summed E-state index contributed by atoms with van der Waals surface area (Å²) in [6.45, 7) is 10.6. The molecule has 23 heavy (non-hydrogen) atoms. The molecule has 1 aliphatic heterocycles. The first-order chi connectivity index (χ1) is 11.0. The number of esters is 1. The van der Waals surface area contributed by atoms with Gasteiger partial charge in [0.1, 0.15) is 0 Å². The monoisotopic (exact) mass is 325 g/mol. The molecule has 1 aliphatic rings. The molecule has 0 saturated carbocycles. The van der Waals surface area contributed by atoms with Crippen molar-refractivity contribution in [3.8, 4) is 0 Å². The van der Waals surface area contributed by atoms with Crippen molar-refractivity contribution in [3.63, 3.8) is 0 Å². The van der Waals surface area contributed by atoms with Gasteiger partial charge >= 0.3 is 5.97 Å². The highest BCUT2D eigenvalue weighted by molar-refractivity contribution is 5.80. The summed E-state index contributed by atoms with van der Waals surface area (Å²) in [5, 5.41) is 3.43. The van der Waals surface area contributed by atoms with E-state index in [9.17, 15) is 4.79 Å². The van der Waals surface area contributed by atoms with Crippen molar-refractivity contribution in [3.05, 3.63) is 0 Å². The first-order valence-corrected chi connectivity index (χ1v) is 9.14. The van der Waals surface area contributed by atoms with E-state index < -0.39 is 0 Å². The van der Waals surface area contributed by atoms with Crippen molar-refractivity contribution in [1.29, 1.82) is 0 Å². The second-order valence-corrected chi connectivity index (χ2v) is 6.85. The summed E-state index contributed by atoms with van der Waals surface area (Å²) in [7, 11) is 1.44. The van der Waals surface area contributed by atoms with Crippen LogP contribution < -0.4 is 5.32 Å². The van der Waals surface area contributed by atoms with Gasteiger partial charge < -0.3 is 15.0 Å². The van der Waals surface area contributed by atoms with E-state index in [0.29, 0.717) is 11.8 Å². The van der Waals surface area contributed by atoms with Gasteiger partial charge in [0.15, 0.2) is 5.96 Å². The fourth-order valence-corrected chi connectivity index (χ4v) is 3.40. The highest BCUT2D eigenvalue weighted by Gasteiger charge is 2.31. The predicted octanol–water partition coefficient (Wildman–Crippen LogP) is 3.20. The van der Waals surface area contributed by atoms with Gasteiger partial charge in [-0.2, -0.15) is 0 Å². The van der Waals surface area contributed by atoms with Crippen LogP contribution in [0.5, 0.6) is 0 Å². The molecule has 0 spiro atoms. The first kappa shape index (κ1) is 19.8. The number of ether oxygens (including phenoxy) is 1. The molecule has 1 N–H and O–H groups in total. The van der Waals surface area contributed by atoms with E-state index in [1.807, 2.05) is 0 Å². The fourth-order valence-electron chi connectivity index (χ4n) is 3.40. The lowest BCUT2D eigenvalue weighted by Gasteiger charge is -2.42. The molecule has 0 aliphatic carbocycles. The zero-order chi connectivity index (χ0) is 17.1. The number of aliphatic imine (C=N–C) groups is 1. The number of methoxy groups -OCH3 is 1. The Morgan fingerprint density at radius 2 is 2.13 bits per heavy atom. The van der Waals surface area contributed by atoms with Gasteiger partial charge in [0.2, 0.25) is 0 Å². The van der Waals surface area contributed by atoms with Crippen LogP contribution in [-0.2, 0) is 9.53 Å². The average molecular weight is 325 g/mol. The summed E-state index contributed by atoms with van der Waals surface area (Å²) < 4.78 is 4.66. The van der Waals surface area contributed by atoms with Crippen molar-refractivity contribution in [2.75, 3.05) is 33.3 Å². The fraction of sp³-hybridized carbons (Fsp3) is 0.889. The molecule has 5 heteroatoms. The third kappa shape index (κ3) is 7.23. The molecular formula is C18H35N3O2. The zero-order valence-electron chi connectivity index (χ0n) is 15.5. The molecule has 5 nitrogen and oxygen atoms in total.